The molecule has 3 rings (SSSR count). The highest BCUT2D eigenvalue weighted by Crippen LogP contribution is 2.19. The number of thiazole rings is 1. The van der Waals surface area contributed by atoms with Crippen molar-refractivity contribution in [2.24, 2.45) is 0 Å². The Morgan fingerprint density at radius 2 is 2.18 bits per heavy atom. The molecule has 0 unspecified atom stereocenters. The summed E-state index contributed by atoms with van der Waals surface area (Å²) in [7, 11) is 0. The van der Waals surface area contributed by atoms with Crippen LogP contribution in [0.3, 0.4) is 0 Å². The molecular weight excluding hydrogens is 320 g/mol. The fraction of sp³-hybridized carbons (Fsp3) is 0.333. The zero-order valence-electron chi connectivity index (χ0n) is 12.0. The Morgan fingerprint density at radius 3 is 2.86 bits per heavy atom. The molecule has 1 saturated heterocycles. The van der Waals surface area contributed by atoms with E-state index in [1.54, 1.807) is 6.20 Å². The largest absolute Gasteiger partial charge is 0.375 e. The number of hydrogen-bond acceptors (Lipinski definition) is 5. The fourth-order valence-corrected chi connectivity index (χ4v) is 3.47. The van der Waals surface area contributed by atoms with E-state index in [1.165, 1.54) is 11.3 Å². The molecule has 1 amide bonds. The minimum absolute atomic E-state index is 0.142. The number of benzene rings is 1. The molecule has 0 aliphatic carbocycles. The van der Waals surface area contributed by atoms with Gasteiger partial charge in [0.15, 0.2) is 5.13 Å². The molecule has 1 aliphatic heterocycles. The molecule has 1 aromatic heterocycles. The van der Waals surface area contributed by atoms with Crippen LogP contribution in [0.4, 0.5) is 5.13 Å². The van der Waals surface area contributed by atoms with Gasteiger partial charge < -0.3 is 10.6 Å². The summed E-state index contributed by atoms with van der Waals surface area (Å²) in [4.78, 5) is 21.4. The van der Waals surface area contributed by atoms with Gasteiger partial charge in [-0.1, -0.05) is 23.7 Å². The van der Waals surface area contributed by atoms with E-state index in [2.05, 4.69) is 9.88 Å². The molecule has 0 bridgehead atoms. The zero-order chi connectivity index (χ0) is 15.5. The summed E-state index contributed by atoms with van der Waals surface area (Å²) in [5, 5.41) is 1.27. The van der Waals surface area contributed by atoms with E-state index in [9.17, 15) is 4.79 Å². The quantitative estimate of drug-likeness (QED) is 0.930. The number of rotatable bonds is 4. The van der Waals surface area contributed by atoms with E-state index < -0.39 is 0 Å². The number of nitrogens with two attached hydrogens (primary N) is 1. The number of carbonyl (C=O) groups excluding carboxylic acids is 1. The highest BCUT2D eigenvalue weighted by molar-refractivity contribution is 7.15. The van der Waals surface area contributed by atoms with Crippen LogP contribution in [0, 0.1) is 0 Å². The molecule has 116 valence electrons. The van der Waals surface area contributed by atoms with E-state index in [1.807, 2.05) is 29.2 Å². The summed E-state index contributed by atoms with van der Waals surface area (Å²) >= 11 is 7.46. The van der Waals surface area contributed by atoms with Gasteiger partial charge in [0.05, 0.1) is 6.54 Å². The minimum atomic E-state index is 0.142. The van der Waals surface area contributed by atoms with Gasteiger partial charge in [-0.2, -0.15) is 0 Å². The molecule has 1 fully saturated rings. The third-order valence-corrected chi connectivity index (χ3v) is 4.66. The molecule has 1 aliphatic rings. The number of aromatic nitrogens is 1. The maximum atomic E-state index is 12.3. The molecular formula is C15H17ClN4OS. The van der Waals surface area contributed by atoms with Gasteiger partial charge >= 0.3 is 0 Å². The molecule has 0 radical (unpaired) electrons. The lowest BCUT2D eigenvalue weighted by molar-refractivity contribution is -0.136. The number of hydrogen-bond donors (Lipinski definition) is 1. The summed E-state index contributed by atoms with van der Waals surface area (Å²) in [6, 6.07) is 7.64. The van der Waals surface area contributed by atoms with Crippen LogP contribution in [0.1, 0.15) is 10.4 Å². The van der Waals surface area contributed by atoms with E-state index in [4.69, 9.17) is 17.3 Å². The van der Waals surface area contributed by atoms with Crippen molar-refractivity contribution in [2.45, 2.75) is 13.1 Å². The maximum Gasteiger partial charge on any atom is 0.237 e. The summed E-state index contributed by atoms with van der Waals surface area (Å²) in [6.45, 7) is 3.34. The first-order chi connectivity index (χ1) is 10.6. The summed E-state index contributed by atoms with van der Waals surface area (Å²) < 4.78 is 0. The first kappa shape index (κ1) is 15.3. The second-order valence-electron chi connectivity index (χ2n) is 5.32. The molecule has 0 saturated carbocycles. The van der Waals surface area contributed by atoms with Crippen LogP contribution in [-0.2, 0) is 17.9 Å². The Labute approximate surface area is 138 Å². The van der Waals surface area contributed by atoms with Gasteiger partial charge in [-0.25, -0.2) is 4.98 Å². The lowest BCUT2D eigenvalue weighted by Crippen LogP contribution is -2.49. The van der Waals surface area contributed by atoms with E-state index in [0.29, 0.717) is 23.2 Å². The summed E-state index contributed by atoms with van der Waals surface area (Å²) in [6.07, 6.45) is 1.78. The second kappa shape index (κ2) is 6.64. The van der Waals surface area contributed by atoms with E-state index >= 15 is 0 Å². The predicted octanol–water partition coefficient (Wildman–Crippen LogP) is 2.22. The van der Waals surface area contributed by atoms with Crippen molar-refractivity contribution in [3.63, 3.8) is 0 Å². The Morgan fingerprint density at radius 1 is 1.32 bits per heavy atom. The van der Waals surface area contributed by atoms with Gasteiger partial charge in [0.2, 0.25) is 5.91 Å². The second-order valence-corrected chi connectivity index (χ2v) is 6.90. The molecule has 22 heavy (non-hydrogen) atoms. The Hall–Kier alpha value is -1.63. The number of anilines is 1. The van der Waals surface area contributed by atoms with Crippen molar-refractivity contribution >= 4 is 34.0 Å². The third-order valence-electron chi connectivity index (χ3n) is 3.61. The Bertz CT molecular complexity index is 675. The van der Waals surface area contributed by atoms with E-state index in [-0.39, 0.29) is 5.91 Å². The fourth-order valence-electron chi connectivity index (χ4n) is 2.53. The monoisotopic (exact) mass is 336 g/mol. The van der Waals surface area contributed by atoms with Crippen molar-refractivity contribution in [3.05, 3.63) is 45.9 Å². The highest BCUT2D eigenvalue weighted by Gasteiger charge is 2.24. The average molecular weight is 337 g/mol. The highest BCUT2D eigenvalue weighted by atomic mass is 35.5. The summed E-state index contributed by atoms with van der Waals surface area (Å²) in [5.74, 6) is 0.142. The molecule has 2 N–H and O–H groups in total. The first-order valence-corrected chi connectivity index (χ1v) is 8.24. The number of carbonyl (C=O) groups is 1. The van der Waals surface area contributed by atoms with Crippen LogP contribution in [0.5, 0.6) is 0 Å². The third kappa shape index (κ3) is 3.76. The molecule has 2 aromatic rings. The smallest absolute Gasteiger partial charge is 0.237 e. The van der Waals surface area contributed by atoms with Crippen LogP contribution >= 0.6 is 22.9 Å². The van der Waals surface area contributed by atoms with Crippen LogP contribution in [0.25, 0.3) is 0 Å². The van der Waals surface area contributed by atoms with Gasteiger partial charge in [0, 0.05) is 42.3 Å². The standard InChI is InChI=1S/C15H17ClN4OS/c16-12-3-1-2-11(6-12)8-20-5-4-19(10-14(20)21)9-13-7-18-15(17)22-13/h1-3,6-7H,4-5,8-10H2,(H2,17,18). The molecule has 0 spiro atoms. The average Bonchev–Trinajstić information content (AvgIpc) is 2.87. The molecule has 2 heterocycles. The maximum absolute atomic E-state index is 12.3. The topological polar surface area (TPSA) is 62.5 Å². The number of piperazine rings is 1. The van der Waals surface area contributed by atoms with Crippen LogP contribution in [-0.4, -0.2) is 40.3 Å². The van der Waals surface area contributed by atoms with Crippen molar-refractivity contribution in [1.82, 2.24) is 14.8 Å². The van der Waals surface area contributed by atoms with E-state index in [0.717, 1.165) is 30.1 Å². The van der Waals surface area contributed by atoms with Crippen molar-refractivity contribution in [2.75, 3.05) is 25.4 Å². The number of halogens is 1. The van der Waals surface area contributed by atoms with Crippen LogP contribution in [0.15, 0.2) is 30.5 Å². The summed E-state index contributed by atoms with van der Waals surface area (Å²) in [5.41, 5.74) is 6.69. The van der Waals surface area contributed by atoms with Crippen molar-refractivity contribution in [1.29, 1.82) is 0 Å². The minimum Gasteiger partial charge on any atom is -0.375 e. The Balaban J connectivity index is 1.57. The normalized spacial score (nSPS) is 16.2. The van der Waals surface area contributed by atoms with Crippen molar-refractivity contribution < 1.29 is 4.79 Å². The van der Waals surface area contributed by atoms with Gasteiger partial charge in [-0.3, -0.25) is 9.69 Å². The molecule has 1 aromatic carbocycles. The Kier molecular flexibility index (Phi) is 4.61. The number of nitrogen functional groups attached to an aromatic ring is 1. The lowest BCUT2D eigenvalue weighted by atomic mass is 10.2. The SMILES string of the molecule is Nc1ncc(CN2CCN(Cc3cccc(Cl)c3)C(=O)C2)s1. The van der Waals surface area contributed by atoms with Crippen molar-refractivity contribution in [3.8, 4) is 0 Å². The lowest BCUT2D eigenvalue weighted by Gasteiger charge is -2.34. The van der Waals surface area contributed by atoms with Gasteiger partial charge in [0.1, 0.15) is 0 Å². The number of nitrogens with zero attached hydrogens (tertiary/aromatic N) is 3. The van der Waals surface area contributed by atoms with Crippen LogP contribution < -0.4 is 5.73 Å². The van der Waals surface area contributed by atoms with Gasteiger partial charge in [-0.15, -0.1) is 11.3 Å². The molecule has 0 atom stereocenters. The number of amides is 1. The van der Waals surface area contributed by atoms with Gasteiger partial charge in [-0.05, 0) is 17.7 Å². The zero-order valence-corrected chi connectivity index (χ0v) is 13.6. The van der Waals surface area contributed by atoms with Gasteiger partial charge in [0.25, 0.3) is 0 Å². The first-order valence-electron chi connectivity index (χ1n) is 7.05. The predicted molar refractivity (Wildman–Crippen MR) is 88.7 cm³/mol. The molecule has 7 heteroatoms. The molecule has 5 nitrogen and oxygen atoms in total. The van der Waals surface area contributed by atoms with Crippen LogP contribution in [0.2, 0.25) is 5.02 Å².